The first-order valence-electron chi connectivity index (χ1n) is 4.17. The predicted molar refractivity (Wildman–Crippen MR) is 47.0 cm³/mol. The number of nitrogens with two attached hydrogens (primary N) is 1. The van der Waals surface area contributed by atoms with E-state index in [4.69, 9.17) is 12.2 Å². The lowest BCUT2D eigenvalue weighted by atomic mass is 9.87. The zero-order chi connectivity index (χ0) is 8.27. The zero-order valence-corrected chi connectivity index (χ0v) is 7.01. The van der Waals surface area contributed by atoms with E-state index in [1.54, 1.807) is 0 Å². The molecule has 1 rings (SSSR count). The van der Waals surface area contributed by atoms with Crippen LogP contribution in [-0.2, 0) is 0 Å². The van der Waals surface area contributed by atoms with Crippen molar-refractivity contribution in [3.8, 4) is 12.3 Å². The Morgan fingerprint density at radius 1 is 1.73 bits per heavy atom. The maximum Gasteiger partial charge on any atom is 0.0238 e. The monoisotopic (exact) mass is 152 g/mol. The minimum Gasteiger partial charge on any atom is -0.328 e. The van der Waals surface area contributed by atoms with E-state index in [2.05, 4.69) is 18.2 Å². The molecule has 1 unspecified atom stereocenters. The standard InChI is InChI=1S/C9H16N2/c1-3-4-7(2)11-9-5-8(10)6-9/h1,7-9,11H,4-6,10H2,2H3. The third-order valence-electron chi connectivity index (χ3n) is 2.12. The van der Waals surface area contributed by atoms with Gasteiger partial charge in [-0.3, -0.25) is 0 Å². The van der Waals surface area contributed by atoms with Gasteiger partial charge in [0.25, 0.3) is 0 Å². The largest absolute Gasteiger partial charge is 0.328 e. The summed E-state index contributed by atoms with van der Waals surface area (Å²) in [5, 5.41) is 3.43. The van der Waals surface area contributed by atoms with Gasteiger partial charge in [-0.05, 0) is 19.8 Å². The summed E-state index contributed by atoms with van der Waals surface area (Å²) in [7, 11) is 0. The smallest absolute Gasteiger partial charge is 0.0238 e. The molecular weight excluding hydrogens is 136 g/mol. The van der Waals surface area contributed by atoms with Gasteiger partial charge in [-0.1, -0.05) is 0 Å². The molecule has 11 heavy (non-hydrogen) atoms. The fourth-order valence-corrected chi connectivity index (χ4v) is 1.44. The Kier molecular flexibility index (Phi) is 2.92. The minimum atomic E-state index is 0.422. The number of nitrogens with one attached hydrogen (secondary N) is 1. The molecular formula is C9H16N2. The van der Waals surface area contributed by atoms with Crippen LogP contribution in [0.4, 0.5) is 0 Å². The Morgan fingerprint density at radius 3 is 2.82 bits per heavy atom. The molecule has 0 radical (unpaired) electrons. The second kappa shape index (κ2) is 3.75. The molecule has 0 saturated heterocycles. The summed E-state index contributed by atoms with van der Waals surface area (Å²) in [5.74, 6) is 2.64. The summed E-state index contributed by atoms with van der Waals surface area (Å²) < 4.78 is 0. The predicted octanol–water partition coefficient (Wildman–Crippen LogP) is 0.477. The SMILES string of the molecule is C#CCC(C)NC1CC(N)C1. The van der Waals surface area contributed by atoms with E-state index >= 15 is 0 Å². The van der Waals surface area contributed by atoms with Gasteiger partial charge < -0.3 is 11.1 Å². The highest BCUT2D eigenvalue weighted by atomic mass is 15.0. The van der Waals surface area contributed by atoms with Crippen molar-refractivity contribution in [2.24, 2.45) is 5.73 Å². The molecule has 1 aliphatic carbocycles. The molecule has 1 atom stereocenters. The molecule has 3 N–H and O–H groups in total. The van der Waals surface area contributed by atoms with E-state index in [-0.39, 0.29) is 0 Å². The van der Waals surface area contributed by atoms with Gasteiger partial charge >= 0.3 is 0 Å². The Bertz CT molecular complexity index is 153. The molecule has 1 fully saturated rings. The quantitative estimate of drug-likeness (QED) is 0.577. The summed E-state index contributed by atoms with van der Waals surface area (Å²) in [6, 6.07) is 1.48. The Hall–Kier alpha value is -0.520. The van der Waals surface area contributed by atoms with Crippen molar-refractivity contribution < 1.29 is 0 Å². The van der Waals surface area contributed by atoms with Gasteiger partial charge in [0.05, 0.1) is 0 Å². The average Bonchev–Trinajstić information content (AvgIpc) is 1.85. The van der Waals surface area contributed by atoms with Crippen molar-refractivity contribution in [3.05, 3.63) is 0 Å². The summed E-state index contributed by atoms with van der Waals surface area (Å²) >= 11 is 0. The van der Waals surface area contributed by atoms with Crippen LogP contribution >= 0.6 is 0 Å². The van der Waals surface area contributed by atoms with Crippen LogP contribution in [0.15, 0.2) is 0 Å². The zero-order valence-electron chi connectivity index (χ0n) is 7.01. The molecule has 1 saturated carbocycles. The molecule has 0 aromatic heterocycles. The fourth-order valence-electron chi connectivity index (χ4n) is 1.44. The average molecular weight is 152 g/mol. The van der Waals surface area contributed by atoms with Crippen molar-refractivity contribution in [1.82, 2.24) is 5.32 Å². The lowest BCUT2D eigenvalue weighted by molar-refractivity contribution is 0.272. The van der Waals surface area contributed by atoms with Gasteiger partial charge in [0, 0.05) is 24.5 Å². The molecule has 2 heteroatoms. The number of hydrogen-bond acceptors (Lipinski definition) is 2. The first kappa shape index (κ1) is 8.58. The molecule has 0 aromatic rings. The van der Waals surface area contributed by atoms with Gasteiger partial charge in [-0.2, -0.15) is 0 Å². The Balaban J connectivity index is 2.08. The first-order chi connectivity index (χ1) is 5.22. The van der Waals surface area contributed by atoms with Crippen molar-refractivity contribution in [3.63, 3.8) is 0 Å². The highest BCUT2D eigenvalue weighted by molar-refractivity contribution is 4.93. The van der Waals surface area contributed by atoms with E-state index in [9.17, 15) is 0 Å². The molecule has 0 heterocycles. The molecule has 2 nitrogen and oxygen atoms in total. The second-order valence-electron chi connectivity index (χ2n) is 3.40. The van der Waals surface area contributed by atoms with Crippen LogP contribution in [0.3, 0.4) is 0 Å². The maximum absolute atomic E-state index is 5.64. The lowest BCUT2D eigenvalue weighted by Gasteiger charge is -2.35. The summed E-state index contributed by atoms with van der Waals surface area (Å²) in [4.78, 5) is 0. The van der Waals surface area contributed by atoms with Crippen molar-refractivity contribution in [2.45, 2.75) is 44.3 Å². The Morgan fingerprint density at radius 2 is 2.36 bits per heavy atom. The van der Waals surface area contributed by atoms with Crippen molar-refractivity contribution in [2.75, 3.05) is 0 Å². The minimum absolute atomic E-state index is 0.422. The Labute approximate surface area is 68.5 Å². The number of hydrogen-bond donors (Lipinski definition) is 2. The molecule has 0 amide bonds. The number of terminal acetylenes is 1. The van der Waals surface area contributed by atoms with E-state index in [0.29, 0.717) is 18.1 Å². The normalized spacial score (nSPS) is 32.1. The van der Waals surface area contributed by atoms with Crippen LogP contribution in [-0.4, -0.2) is 18.1 Å². The van der Waals surface area contributed by atoms with Gasteiger partial charge in [-0.15, -0.1) is 12.3 Å². The van der Waals surface area contributed by atoms with Crippen LogP contribution in [0.1, 0.15) is 26.2 Å². The van der Waals surface area contributed by atoms with E-state index < -0.39 is 0 Å². The molecule has 0 spiro atoms. The topological polar surface area (TPSA) is 38.0 Å². The van der Waals surface area contributed by atoms with Gasteiger partial charge in [0.1, 0.15) is 0 Å². The van der Waals surface area contributed by atoms with E-state index in [0.717, 1.165) is 19.3 Å². The summed E-state index contributed by atoms with van der Waals surface area (Å²) in [5.41, 5.74) is 5.64. The lowest BCUT2D eigenvalue weighted by Crippen LogP contribution is -2.50. The van der Waals surface area contributed by atoms with Crippen LogP contribution < -0.4 is 11.1 Å². The number of rotatable bonds is 3. The van der Waals surface area contributed by atoms with E-state index in [1.807, 2.05) is 0 Å². The first-order valence-corrected chi connectivity index (χ1v) is 4.17. The van der Waals surface area contributed by atoms with Gasteiger partial charge in [-0.25, -0.2) is 0 Å². The van der Waals surface area contributed by atoms with Gasteiger partial charge in [0.2, 0.25) is 0 Å². The fraction of sp³-hybridized carbons (Fsp3) is 0.778. The van der Waals surface area contributed by atoms with Crippen LogP contribution in [0, 0.1) is 12.3 Å². The summed E-state index contributed by atoms with van der Waals surface area (Å²) in [6.45, 7) is 2.11. The van der Waals surface area contributed by atoms with E-state index in [1.165, 1.54) is 0 Å². The molecule has 62 valence electrons. The highest BCUT2D eigenvalue weighted by Gasteiger charge is 2.26. The van der Waals surface area contributed by atoms with Crippen LogP contribution in [0.25, 0.3) is 0 Å². The van der Waals surface area contributed by atoms with Crippen molar-refractivity contribution >= 4 is 0 Å². The molecule has 1 aliphatic rings. The second-order valence-corrected chi connectivity index (χ2v) is 3.40. The molecule has 0 aliphatic heterocycles. The van der Waals surface area contributed by atoms with Crippen LogP contribution in [0.5, 0.6) is 0 Å². The summed E-state index contributed by atoms with van der Waals surface area (Å²) in [6.07, 6.45) is 8.20. The third kappa shape index (κ3) is 2.53. The van der Waals surface area contributed by atoms with Crippen LogP contribution in [0.2, 0.25) is 0 Å². The third-order valence-corrected chi connectivity index (χ3v) is 2.12. The van der Waals surface area contributed by atoms with Gasteiger partial charge in [0.15, 0.2) is 0 Å². The van der Waals surface area contributed by atoms with Crippen molar-refractivity contribution in [1.29, 1.82) is 0 Å². The molecule has 0 bridgehead atoms. The maximum atomic E-state index is 5.64. The molecule has 0 aromatic carbocycles. The highest BCUT2D eigenvalue weighted by Crippen LogP contribution is 2.18.